The Kier molecular flexibility index (Phi) is 6.94. The summed E-state index contributed by atoms with van der Waals surface area (Å²) in [7, 11) is 2.20. The van der Waals surface area contributed by atoms with Crippen LogP contribution in [0.1, 0.15) is 79.1 Å². The summed E-state index contributed by atoms with van der Waals surface area (Å²) in [6.07, 6.45) is 9.94. The third-order valence-corrected chi connectivity index (χ3v) is 6.10. The molecule has 0 aromatic heterocycles. The van der Waals surface area contributed by atoms with Crippen LogP contribution in [-0.4, -0.2) is 43.5 Å². The van der Waals surface area contributed by atoms with E-state index < -0.39 is 0 Å². The van der Waals surface area contributed by atoms with E-state index in [2.05, 4.69) is 39.6 Å². The maximum absolute atomic E-state index is 6.39. The van der Waals surface area contributed by atoms with Crippen molar-refractivity contribution in [3.8, 4) is 0 Å². The minimum absolute atomic E-state index is 0.243. The average molecular weight is 326 g/mol. The van der Waals surface area contributed by atoms with Gasteiger partial charge in [0.15, 0.2) is 5.79 Å². The van der Waals surface area contributed by atoms with Gasteiger partial charge < -0.3 is 14.4 Å². The molecule has 1 heterocycles. The lowest BCUT2D eigenvalue weighted by molar-refractivity contribution is -0.197. The summed E-state index contributed by atoms with van der Waals surface area (Å²) < 4.78 is 12.6. The highest BCUT2D eigenvalue weighted by atomic mass is 16.7. The van der Waals surface area contributed by atoms with Crippen LogP contribution < -0.4 is 0 Å². The van der Waals surface area contributed by atoms with Gasteiger partial charge in [0, 0.05) is 19.4 Å². The smallest absolute Gasteiger partial charge is 0.168 e. The molecule has 3 heteroatoms. The quantitative estimate of drug-likeness (QED) is 0.637. The highest BCUT2D eigenvalue weighted by Gasteiger charge is 2.46. The molecular weight excluding hydrogens is 286 g/mol. The van der Waals surface area contributed by atoms with Crippen LogP contribution in [0.2, 0.25) is 0 Å². The second-order valence-corrected chi connectivity index (χ2v) is 8.57. The van der Waals surface area contributed by atoms with Crippen LogP contribution >= 0.6 is 0 Å². The van der Waals surface area contributed by atoms with E-state index in [1.165, 1.54) is 38.6 Å². The van der Waals surface area contributed by atoms with Gasteiger partial charge in [-0.15, -0.1) is 0 Å². The van der Waals surface area contributed by atoms with Crippen LogP contribution in [-0.2, 0) is 9.47 Å². The van der Waals surface area contributed by atoms with E-state index in [9.17, 15) is 0 Å². The zero-order chi connectivity index (χ0) is 16.9. The maximum atomic E-state index is 6.39. The molecule has 0 aromatic carbocycles. The minimum Gasteiger partial charge on any atom is -0.347 e. The van der Waals surface area contributed by atoms with Gasteiger partial charge in [-0.3, -0.25) is 0 Å². The maximum Gasteiger partial charge on any atom is 0.168 e. The highest BCUT2D eigenvalue weighted by molar-refractivity contribution is 4.90. The van der Waals surface area contributed by atoms with Gasteiger partial charge in [-0.25, -0.2) is 0 Å². The summed E-state index contributed by atoms with van der Waals surface area (Å²) in [4.78, 5) is 2.40. The molecule has 1 saturated carbocycles. The average Bonchev–Trinajstić information content (AvgIpc) is 2.89. The predicted octanol–water partition coefficient (Wildman–Crippen LogP) is 4.85. The van der Waals surface area contributed by atoms with Crippen LogP contribution in [0.25, 0.3) is 0 Å². The fourth-order valence-electron chi connectivity index (χ4n) is 4.57. The first-order valence-electron chi connectivity index (χ1n) is 9.91. The van der Waals surface area contributed by atoms with Gasteiger partial charge in [0.25, 0.3) is 0 Å². The zero-order valence-corrected chi connectivity index (χ0v) is 16.2. The van der Waals surface area contributed by atoms with Crippen molar-refractivity contribution in [3.05, 3.63) is 0 Å². The Morgan fingerprint density at radius 1 is 1.09 bits per heavy atom. The number of hydrogen-bond donors (Lipinski definition) is 0. The van der Waals surface area contributed by atoms with E-state index in [0.29, 0.717) is 11.5 Å². The largest absolute Gasteiger partial charge is 0.347 e. The second kappa shape index (κ2) is 8.31. The third kappa shape index (κ3) is 5.17. The lowest BCUT2D eigenvalue weighted by atomic mass is 9.68. The van der Waals surface area contributed by atoms with E-state index >= 15 is 0 Å². The van der Waals surface area contributed by atoms with Gasteiger partial charge in [0.1, 0.15) is 0 Å². The summed E-state index contributed by atoms with van der Waals surface area (Å²) in [5, 5.41) is 0. The Labute approximate surface area is 144 Å². The summed E-state index contributed by atoms with van der Waals surface area (Å²) in [6, 6.07) is 0. The molecule has 0 aromatic rings. The van der Waals surface area contributed by atoms with Crippen LogP contribution in [0.4, 0.5) is 0 Å². The molecule has 3 nitrogen and oxygen atoms in total. The summed E-state index contributed by atoms with van der Waals surface area (Å²) in [5.41, 5.74) is 0.469. The molecule has 0 N–H and O–H groups in total. The number of nitrogens with zero attached hydrogens (tertiary/aromatic N) is 1. The monoisotopic (exact) mass is 325 g/mol. The van der Waals surface area contributed by atoms with E-state index in [1.807, 2.05) is 0 Å². The molecule has 2 rings (SSSR count). The fourth-order valence-corrected chi connectivity index (χ4v) is 4.57. The van der Waals surface area contributed by atoms with E-state index in [0.717, 1.165) is 38.3 Å². The fraction of sp³-hybridized carbons (Fsp3) is 1.00. The normalized spacial score (nSPS) is 32.1. The summed E-state index contributed by atoms with van der Waals surface area (Å²) in [5.74, 6) is 0.585. The van der Waals surface area contributed by atoms with Crippen LogP contribution in [0.15, 0.2) is 0 Å². The highest BCUT2D eigenvalue weighted by Crippen LogP contribution is 2.47. The molecular formula is C20H39NO2. The summed E-state index contributed by atoms with van der Waals surface area (Å²) in [6.45, 7) is 12.5. The first-order chi connectivity index (χ1) is 10.9. The van der Waals surface area contributed by atoms with E-state index in [1.54, 1.807) is 0 Å². The Morgan fingerprint density at radius 2 is 1.78 bits per heavy atom. The molecule has 1 unspecified atom stereocenters. The topological polar surface area (TPSA) is 21.7 Å². The van der Waals surface area contributed by atoms with Crippen molar-refractivity contribution in [1.82, 2.24) is 4.90 Å². The number of hydrogen-bond acceptors (Lipinski definition) is 3. The van der Waals surface area contributed by atoms with Crippen molar-refractivity contribution in [2.45, 2.75) is 91.0 Å². The third-order valence-electron chi connectivity index (χ3n) is 6.10. The molecule has 23 heavy (non-hydrogen) atoms. The van der Waals surface area contributed by atoms with Crippen LogP contribution in [0, 0.1) is 11.3 Å². The molecule has 2 aliphatic rings. The standard InChI is InChI=1S/C20H39NO2/c1-6-11-19(3,4)17-8-12-20(13-9-17)22-16-18(23-20)10-15-21(5)14-7-2/h17-18H,6-16H2,1-5H3. The SMILES string of the molecule is CCCN(C)CCC1COC2(CCC(C(C)(C)CCC)CC2)O1. The summed E-state index contributed by atoms with van der Waals surface area (Å²) >= 11 is 0. The van der Waals surface area contributed by atoms with Gasteiger partial charge in [0.05, 0.1) is 12.7 Å². The molecule has 1 aliphatic heterocycles. The van der Waals surface area contributed by atoms with Gasteiger partial charge in [-0.1, -0.05) is 34.1 Å². The van der Waals surface area contributed by atoms with Crippen molar-refractivity contribution >= 4 is 0 Å². The van der Waals surface area contributed by atoms with Gasteiger partial charge >= 0.3 is 0 Å². The van der Waals surface area contributed by atoms with Crippen LogP contribution in [0.5, 0.6) is 0 Å². The molecule has 1 spiro atoms. The molecule has 0 amide bonds. The van der Waals surface area contributed by atoms with Crippen molar-refractivity contribution in [2.24, 2.45) is 11.3 Å². The van der Waals surface area contributed by atoms with Crippen molar-refractivity contribution in [2.75, 3.05) is 26.7 Å². The van der Waals surface area contributed by atoms with Crippen LogP contribution in [0.3, 0.4) is 0 Å². The van der Waals surface area contributed by atoms with Gasteiger partial charge in [-0.2, -0.15) is 0 Å². The lowest BCUT2D eigenvalue weighted by Gasteiger charge is -2.42. The first-order valence-corrected chi connectivity index (χ1v) is 9.91. The Balaban J connectivity index is 1.76. The van der Waals surface area contributed by atoms with Crippen molar-refractivity contribution in [1.29, 1.82) is 0 Å². The van der Waals surface area contributed by atoms with Gasteiger partial charge in [-0.05, 0) is 57.0 Å². The Hall–Kier alpha value is -0.120. The first kappa shape index (κ1) is 19.2. The Morgan fingerprint density at radius 3 is 2.39 bits per heavy atom. The molecule has 2 fully saturated rings. The van der Waals surface area contributed by atoms with E-state index in [4.69, 9.17) is 9.47 Å². The second-order valence-electron chi connectivity index (χ2n) is 8.57. The van der Waals surface area contributed by atoms with Crippen molar-refractivity contribution < 1.29 is 9.47 Å². The molecule has 1 saturated heterocycles. The number of ether oxygens (including phenoxy) is 2. The molecule has 0 bridgehead atoms. The zero-order valence-electron chi connectivity index (χ0n) is 16.2. The number of rotatable bonds is 8. The van der Waals surface area contributed by atoms with Gasteiger partial charge in [0.2, 0.25) is 0 Å². The van der Waals surface area contributed by atoms with Crippen molar-refractivity contribution in [3.63, 3.8) is 0 Å². The van der Waals surface area contributed by atoms with E-state index in [-0.39, 0.29) is 5.79 Å². The Bertz CT molecular complexity index is 348. The lowest BCUT2D eigenvalue weighted by Crippen LogP contribution is -2.39. The predicted molar refractivity (Wildman–Crippen MR) is 96.6 cm³/mol. The molecule has 0 radical (unpaired) electrons. The molecule has 136 valence electrons. The molecule has 1 atom stereocenters. The molecule has 1 aliphatic carbocycles. The minimum atomic E-state index is -0.243.